The number of carbonyl (C=O) groups excluding carboxylic acids is 1. The lowest BCUT2D eigenvalue weighted by Gasteiger charge is -2.36. The number of rotatable bonds is 4. The van der Waals surface area contributed by atoms with Gasteiger partial charge in [0, 0.05) is 6.42 Å². The molecule has 0 radical (unpaired) electrons. The van der Waals surface area contributed by atoms with E-state index in [-0.39, 0.29) is 23.2 Å². The molecule has 0 aromatic heterocycles. The monoisotopic (exact) mass is 304 g/mol. The highest BCUT2D eigenvalue weighted by Gasteiger charge is 2.34. The van der Waals surface area contributed by atoms with Gasteiger partial charge in [0.2, 0.25) is 5.91 Å². The molecule has 1 saturated carbocycles. The molecule has 1 fully saturated rings. The summed E-state index contributed by atoms with van der Waals surface area (Å²) < 4.78 is 13.3. The highest BCUT2D eigenvalue weighted by Crippen LogP contribution is 2.39. The average molecular weight is 304 g/mol. The largest absolute Gasteiger partial charge is 0.349 e. The summed E-state index contributed by atoms with van der Waals surface area (Å²) in [6.45, 7) is 0.590. The molecule has 1 amide bonds. The highest BCUT2D eigenvalue weighted by molar-refractivity contribution is 5.77. The molecule has 0 heterocycles. The third-order valence-corrected chi connectivity index (χ3v) is 5.40. The van der Waals surface area contributed by atoms with Crippen LogP contribution in [0.1, 0.15) is 62.1 Å². The van der Waals surface area contributed by atoms with E-state index in [2.05, 4.69) is 5.32 Å². The third kappa shape index (κ3) is 3.17. The number of nitrogens with one attached hydrogen (secondary N) is 1. The van der Waals surface area contributed by atoms with Crippen molar-refractivity contribution in [3.05, 3.63) is 35.1 Å². The Balaban J connectivity index is 1.63. The SMILES string of the molecule is NCC1(CC(=O)NC2CCc3cc(F)ccc32)CCCCC1. The Morgan fingerprint density at radius 2 is 2.09 bits per heavy atom. The molecule has 1 atom stereocenters. The van der Waals surface area contributed by atoms with Crippen LogP contribution in [0.15, 0.2) is 18.2 Å². The van der Waals surface area contributed by atoms with Gasteiger partial charge in [0.1, 0.15) is 5.82 Å². The van der Waals surface area contributed by atoms with Gasteiger partial charge in [0.05, 0.1) is 6.04 Å². The minimum atomic E-state index is -0.199. The van der Waals surface area contributed by atoms with Crippen LogP contribution < -0.4 is 11.1 Å². The summed E-state index contributed by atoms with van der Waals surface area (Å²) in [6, 6.07) is 4.90. The number of benzene rings is 1. The number of fused-ring (bicyclic) bond motifs is 1. The van der Waals surface area contributed by atoms with Gasteiger partial charge in [0.15, 0.2) is 0 Å². The van der Waals surface area contributed by atoms with Gasteiger partial charge in [-0.15, -0.1) is 0 Å². The topological polar surface area (TPSA) is 55.1 Å². The first-order valence-electron chi connectivity index (χ1n) is 8.40. The maximum Gasteiger partial charge on any atom is 0.221 e. The number of hydrogen-bond donors (Lipinski definition) is 2. The van der Waals surface area contributed by atoms with Crippen LogP contribution in [0.5, 0.6) is 0 Å². The van der Waals surface area contributed by atoms with Crippen LogP contribution in [0.4, 0.5) is 4.39 Å². The Kier molecular flexibility index (Phi) is 4.48. The van der Waals surface area contributed by atoms with Gasteiger partial charge < -0.3 is 11.1 Å². The number of aryl methyl sites for hydroxylation is 1. The molecular formula is C18H25FN2O. The van der Waals surface area contributed by atoms with Gasteiger partial charge in [-0.2, -0.15) is 0 Å². The second-order valence-electron chi connectivity index (χ2n) is 6.94. The van der Waals surface area contributed by atoms with Crippen molar-refractivity contribution in [3.63, 3.8) is 0 Å². The summed E-state index contributed by atoms with van der Waals surface area (Å²) in [5.41, 5.74) is 8.05. The molecule has 120 valence electrons. The van der Waals surface area contributed by atoms with E-state index in [9.17, 15) is 9.18 Å². The molecule has 3 rings (SSSR count). The molecule has 22 heavy (non-hydrogen) atoms. The zero-order chi connectivity index (χ0) is 15.6. The standard InChI is InChI=1S/C18H25FN2O/c19-14-5-6-15-13(10-14)4-7-16(15)21-17(22)11-18(12-20)8-2-1-3-9-18/h5-6,10,16H,1-4,7-9,11-12,20H2,(H,21,22). The summed E-state index contributed by atoms with van der Waals surface area (Å²) in [6.07, 6.45) is 7.94. The van der Waals surface area contributed by atoms with Crippen molar-refractivity contribution in [2.24, 2.45) is 11.1 Å². The van der Waals surface area contributed by atoms with Gasteiger partial charge in [-0.25, -0.2) is 4.39 Å². The second kappa shape index (κ2) is 6.37. The van der Waals surface area contributed by atoms with Crippen molar-refractivity contribution in [3.8, 4) is 0 Å². The van der Waals surface area contributed by atoms with Crippen LogP contribution in [-0.4, -0.2) is 12.5 Å². The predicted molar refractivity (Wildman–Crippen MR) is 84.8 cm³/mol. The highest BCUT2D eigenvalue weighted by atomic mass is 19.1. The van der Waals surface area contributed by atoms with Crippen LogP contribution >= 0.6 is 0 Å². The Morgan fingerprint density at radius 1 is 1.32 bits per heavy atom. The van der Waals surface area contributed by atoms with E-state index in [4.69, 9.17) is 5.73 Å². The van der Waals surface area contributed by atoms with Crippen LogP contribution in [-0.2, 0) is 11.2 Å². The average Bonchev–Trinajstić information content (AvgIpc) is 2.90. The zero-order valence-corrected chi connectivity index (χ0v) is 13.0. The zero-order valence-electron chi connectivity index (χ0n) is 13.0. The molecule has 2 aliphatic rings. The normalized spacial score (nSPS) is 23.1. The lowest BCUT2D eigenvalue weighted by molar-refractivity contribution is -0.124. The number of hydrogen-bond acceptors (Lipinski definition) is 2. The minimum absolute atomic E-state index is 0.00738. The molecule has 0 saturated heterocycles. The Hall–Kier alpha value is -1.42. The molecule has 3 nitrogen and oxygen atoms in total. The summed E-state index contributed by atoms with van der Waals surface area (Å²) in [5.74, 6) is -0.107. The van der Waals surface area contributed by atoms with E-state index < -0.39 is 0 Å². The van der Waals surface area contributed by atoms with Crippen molar-refractivity contribution < 1.29 is 9.18 Å². The maximum absolute atomic E-state index is 13.3. The quantitative estimate of drug-likeness (QED) is 0.897. The van der Waals surface area contributed by atoms with Crippen molar-refractivity contribution in [2.75, 3.05) is 6.54 Å². The van der Waals surface area contributed by atoms with Crippen LogP contribution in [0.25, 0.3) is 0 Å². The third-order valence-electron chi connectivity index (χ3n) is 5.40. The fourth-order valence-corrected chi connectivity index (χ4v) is 4.08. The fraction of sp³-hybridized carbons (Fsp3) is 0.611. The van der Waals surface area contributed by atoms with Crippen LogP contribution in [0, 0.1) is 11.2 Å². The van der Waals surface area contributed by atoms with Gasteiger partial charge in [-0.3, -0.25) is 4.79 Å². The smallest absolute Gasteiger partial charge is 0.221 e. The molecule has 1 aromatic carbocycles. The van der Waals surface area contributed by atoms with Gasteiger partial charge in [0.25, 0.3) is 0 Å². The summed E-state index contributed by atoms with van der Waals surface area (Å²) >= 11 is 0. The summed E-state index contributed by atoms with van der Waals surface area (Å²) in [5, 5.41) is 3.14. The van der Waals surface area contributed by atoms with E-state index in [1.165, 1.54) is 25.3 Å². The van der Waals surface area contributed by atoms with Gasteiger partial charge in [-0.1, -0.05) is 25.3 Å². The lowest BCUT2D eigenvalue weighted by atomic mass is 9.71. The van der Waals surface area contributed by atoms with E-state index in [0.29, 0.717) is 13.0 Å². The molecular weight excluding hydrogens is 279 g/mol. The van der Waals surface area contributed by atoms with Crippen molar-refractivity contribution >= 4 is 5.91 Å². The molecule has 2 aliphatic carbocycles. The van der Waals surface area contributed by atoms with Crippen LogP contribution in [0.2, 0.25) is 0 Å². The predicted octanol–water partition coefficient (Wildman–Crippen LogP) is 3.23. The summed E-state index contributed by atoms with van der Waals surface area (Å²) in [7, 11) is 0. The Bertz CT molecular complexity index is 552. The van der Waals surface area contributed by atoms with E-state index in [1.54, 1.807) is 6.07 Å². The maximum atomic E-state index is 13.3. The van der Waals surface area contributed by atoms with Crippen molar-refractivity contribution in [2.45, 2.75) is 57.4 Å². The first kappa shape index (κ1) is 15.5. The van der Waals surface area contributed by atoms with Gasteiger partial charge >= 0.3 is 0 Å². The van der Waals surface area contributed by atoms with Crippen molar-refractivity contribution in [1.82, 2.24) is 5.32 Å². The minimum Gasteiger partial charge on any atom is -0.349 e. The molecule has 0 aliphatic heterocycles. The number of carbonyl (C=O) groups is 1. The molecule has 1 unspecified atom stereocenters. The second-order valence-corrected chi connectivity index (χ2v) is 6.94. The first-order valence-corrected chi connectivity index (χ1v) is 8.40. The lowest BCUT2D eigenvalue weighted by Crippen LogP contribution is -2.39. The number of amides is 1. The molecule has 0 bridgehead atoms. The molecule has 3 N–H and O–H groups in total. The van der Waals surface area contributed by atoms with Crippen molar-refractivity contribution in [1.29, 1.82) is 0 Å². The van der Waals surface area contributed by atoms with E-state index >= 15 is 0 Å². The Labute approximate surface area is 131 Å². The van der Waals surface area contributed by atoms with E-state index in [1.807, 2.05) is 6.07 Å². The molecule has 0 spiro atoms. The number of halogens is 1. The Morgan fingerprint density at radius 3 is 2.82 bits per heavy atom. The summed E-state index contributed by atoms with van der Waals surface area (Å²) in [4.78, 5) is 12.5. The van der Waals surface area contributed by atoms with Crippen LogP contribution in [0.3, 0.4) is 0 Å². The van der Waals surface area contributed by atoms with Gasteiger partial charge in [-0.05, 0) is 60.9 Å². The molecule has 4 heteroatoms. The van der Waals surface area contributed by atoms with E-state index in [0.717, 1.165) is 36.8 Å². The first-order chi connectivity index (χ1) is 10.6. The number of nitrogens with two attached hydrogens (primary N) is 1. The fourth-order valence-electron chi connectivity index (χ4n) is 4.08. The molecule has 1 aromatic rings.